The van der Waals surface area contributed by atoms with Crippen LogP contribution in [0.15, 0.2) is 30.5 Å². The van der Waals surface area contributed by atoms with Gasteiger partial charge in [0, 0.05) is 30.5 Å². The molecule has 0 aromatic carbocycles. The number of nitrogens with two attached hydrogens (primary N) is 1. The molecule has 0 spiro atoms. The van der Waals surface area contributed by atoms with Crippen molar-refractivity contribution in [2.45, 2.75) is 33.9 Å². The van der Waals surface area contributed by atoms with E-state index in [-0.39, 0.29) is 0 Å². The van der Waals surface area contributed by atoms with E-state index in [0.29, 0.717) is 6.54 Å². The van der Waals surface area contributed by atoms with Gasteiger partial charge in [-0.3, -0.25) is 4.98 Å². The smallest absolute Gasteiger partial charge is 0.133 e. The quantitative estimate of drug-likeness (QED) is 0.907. The standard InChI is InChI=1S/C16H22N4/c1-4-20(11-14-7-5-6-8-18-14)16-15(10-17)12(2)9-13(3)19-16/h5-9H,4,10-11,17H2,1-3H3. The van der Waals surface area contributed by atoms with E-state index in [1.165, 1.54) is 5.56 Å². The van der Waals surface area contributed by atoms with Crippen molar-refractivity contribution < 1.29 is 0 Å². The number of pyridine rings is 2. The average Bonchev–Trinajstić information content (AvgIpc) is 2.45. The van der Waals surface area contributed by atoms with Crippen molar-refractivity contribution in [2.75, 3.05) is 11.4 Å². The van der Waals surface area contributed by atoms with Gasteiger partial charge in [-0.05, 0) is 44.5 Å². The maximum atomic E-state index is 5.91. The molecule has 2 N–H and O–H groups in total. The fourth-order valence-corrected chi connectivity index (χ4v) is 2.38. The Morgan fingerprint density at radius 3 is 2.65 bits per heavy atom. The number of rotatable bonds is 5. The van der Waals surface area contributed by atoms with E-state index in [4.69, 9.17) is 10.7 Å². The van der Waals surface area contributed by atoms with Gasteiger partial charge in [-0.15, -0.1) is 0 Å². The molecule has 0 saturated carbocycles. The Morgan fingerprint density at radius 2 is 2.05 bits per heavy atom. The summed E-state index contributed by atoms with van der Waals surface area (Å²) >= 11 is 0. The highest BCUT2D eigenvalue weighted by atomic mass is 15.2. The lowest BCUT2D eigenvalue weighted by molar-refractivity contribution is 0.779. The molecule has 106 valence electrons. The zero-order chi connectivity index (χ0) is 14.5. The molecule has 0 atom stereocenters. The van der Waals surface area contributed by atoms with Crippen molar-refractivity contribution in [1.29, 1.82) is 0 Å². The van der Waals surface area contributed by atoms with Crippen molar-refractivity contribution in [3.05, 3.63) is 53.0 Å². The minimum atomic E-state index is 0.507. The first-order valence-corrected chi connectivity index (χ1v) is 6.97. The van der Waals surface area contributed by atoms with Crippen LogP contribution in [0, 0.1) is 13.8 Å². The summed E-state index contributed by atoms with van der Waals surface area (Å²) < 4.78 is 0. The summed E-state index contributed by atoms with van der Waals surface area (Å²) in [6.45, 7) is 8.37. The number of hydrogen-bond donors (Lipinski definition) is 1. The molecule has 20 heavy (non-hydrogen) atoms. The maximum Gasteiger partial charge on any atom is 0.133 e. The fraction of sp³-hybridized carbons (Fsp3) is 0.375. The van der Waals surface area contributed by atoms with Crippen LogP contribution in [-0.4, -0.2) is 16.5 Å². The van der Waals surface area contributed by atoms with Crippen LogP contribution in [0.25, 0.3) is 0 Å². The second kappa shape index (κ2) is 6.48. The Labute approximate surface area is 120 Å². The molecule has 2 rings (SSSR count). The number of hydrogen-bond acceptors (Lipinski definition) is 4. The molecule has 0 bridgehead atoms. The van der Waals surface area contributed by atoms with Crippen LogP contribution in [-0.2, 0) is 13.1 Å². The van der Waals surface area contributed by atoms with Gasteiger partial charge in [-0.25, -0.2) is 4.98 Å². The van der Waals surface area contributed by atoms with Crippen molar-refractivity contribution in [2.24, 2.45) is 5.73 Å². The molecule has 2 heterocycles. The van der Waals surface area contributed by atoms with Gasteiger partial charge in [-0.1, -0.05) is 6.07 Å². The Morgan fingerprint density at radius 1 is 1.25 bits per heavy atom. The lowest BCUT2D eigenvalue weighted by Crippen LogP contribution is -2.26. The molecule has 0 unspecified atom stereocenters. The summed E-state index contributed by atoms with van der Waals surface area (Å²) in [4.78, 5) is 11.3. The van der Waals surface area contributed by atoms with Crippen LogP contribution < -0.4 is 10.6 Å². The van der Waals surface area contributed by atoms with E-state index < -0.39 is 0 Å². The lowest BCUT2D eigenvalue weighted by Gasteiger charge is -2.25. The van der Waals surface area contributed by atoms with E-state index in [0.717, 1.165) is 35.9 Å². The second-order valence-corrected chi connectivity index (χ2v) is 4.92. The molecule has 0 radical (unpaired) electrons. The third-order valence-electron chi connectivity index (χ3n) is 3.42. The molecule has 4 heteroatoms. The van der Waals surface area contributed by atoms with Gasteiger partial charge in [0.1, 0.15) is 5.82 Å². The number of anilines is 1. The number of aromatic nitrogens is 2. The van der Waals surface area contributed by atoms with E-state index in [2.05, 4.69) is 29.8 Å². The Bertz CT molecular complexity index is 566. The number of nitrogens with zero attached hydrogens (tertiary/aromatic N) is 3. The van der Waals surface area contributed by atoms with Crippen LogP contribution in [0.3, 0.4) is 0 Å². The molecule has 0 aliphatic carbocycles. The van der Waals surface area contributed by atoms with Crippen LogP contribution in [0.1, 0.15) is 29.4 Å². The molecular formula is C16H22N4. The van der Waals surface area contributed by atoms with Crippen molar-refractivity contribution in [3.8, 4) is 0 Å². The van der Waals surface area contributed by atoms with Gasteiger partial charge in [0.25, 0.3) is 0 Å². The first-order chi connectivity index (χ1) is 9.65. The normalized spacial score (nSPS) is 10.6. The lowest BCUT2D eigenvalue weighted by atomic mass is 10.1. The molecule has 4 nitrogen and oxygen atoms in total. The van der Waals surface area contributed by atoms with E-state index >= 15 is 0 Å². The van der Waals surface area contributed by atoms with Crippen LogP contribution in [0.4, 0.5) is 5.82 Å². The summed E-state index contributed by atoms with van der Waals surface area (Å²) in [6, 6.07) is 8.06. The zero-order valence-electron chi connectivity index (χ0n) is 12.4. The van der Waals surface area contributed by atoms with Crippen LogP contribution in [0.2, 0.25) is 0 Å². The van der Waals surface area contributed by atoms with Gasteiger partial charge in [0.15, 0.2) is 0 Å². The van der Waals surface area contributed by atoms with Crippen molar-refractivity contribution >= 4 is 5.82 Å². The molecule has 0 amide bonds. The minimum Gasteiger partial charge on any atom is -0.351 e. The molecule has 2 aromatic rings. The predicted molar refractivity (Wildman–Crippen MR) is 82.6 cm³/mol. The molecular weight excluding hydrogens is 248 g/mol. The van der Waals surface area contributed by atoms with Crippen LogP contribution in [0.5, 0.6) is 0 Å². The van der Waals surface area contributed by atoms with Gasteiger partial charge >= 0.3 is 0 Å². The zero-order valence-corrected chi connectivity index (χ0v) is 12.4. The molecule has 0 fully saturated rings. The minimum absolute atomic E-state index is 0.507. The molecule has 2 aromatic heterocycles. The largest absolute Gasteiger partial charge is 0.351 e. The highest BCUT2D eigenvalue weighted by molar-refractivity contribution is 5.51. The van der Waals surface area contributed by atoms with Gasteiger partial charge < -0.3 is 10.6 Å². The summed E-state index contributed by atoms with van der Waals surface area (Å²) in [7, 11) is 0. The Hall–Kier alpha value is -1.94. The topological polar surface area (TPSA) is 55.0 Å². The first kappa shape index (κ1) is 14.5. The summed E-state index contributed by atoms with van der Waals surface area (Å²) in [6.07, 6.45) is 1.82. The maximum absolute atomic E-state index is 5.91. The second-order valence-electron chi connectivity index (χ2n) is 4.92. The fourth-order valence-electron chi connectivity index (χ4n) is 2.38. The Kier molecular flexibility index (Phi) is 4.69. The summed E-state index contributed by atoms with van der Waals surface area (Å²) in [5.41, 5.74) is 10.3. The SMILES string of the molecule is CCN(Cc1ccccn1)c1nc(C)cc(C)c1CN. The van der Waals surface area contributed by atoms with E-state index in [9.17, 15) is 0 Å². The highest BCUT2D eigenvalue weighted by Crippen LogP contribution is 2.23. The summed E-state index contributed by atoms with van der Waals surface area (Å²) in [5.74, 6) is 0.984. The monoisotopic (exact) mass is 270 g/mol. The van der Waals surface area contributed by atoms with Gasteiger partial charge in [-0.2, -0.15) is 0 Å². The van der Waals surface area contributed by atoms with Gasteiger partial charge in [0.2, 0.25) is 0 Å². The van der Waals surface area contributed by atoms with E-state index in [1.54, 1.807) is 0 Å². The van der Waals surface area contributed by atoms with Crippen LogP contribution >= 0.6 is 0 Å². The molecule has 0 saturated heterocycles. The highest BCUT2D eigenvalue weighted by Gasteiger charge is 2.14. The van der Waals surface area contributed by atoms with E-state index in [1.807, 2.05) is 31.3 Å². The van der Waals surface area contributed by atoms with Gasteiger partial charge in [0.05, 0.1) is 12.2 Å². The third-order valence-corrected chi connectivity index (χ3v) is 3.42. The summed E-state index contributed by atoms with van der Waals surface area (Å²) in [5, 5.41) is 0. The Balaban J connectivity index is 2.36. The van der Waals surface area contributed by atoms with Crippen molar-refractivity contribution in [1.82, 2.24) is 9.97 Å². The average molecular weight is 270 g/mol. The third kappa shape index (κ3) is 3.14. The van der Waals surface area contributed by atoms with Crippen molar-refractivity contribution in [3.63, 3.8) is 0 Å². The number of aryl methyl sites for hydroxylation is 2. The molecule has 0 aliphatic heterocycles. The first-order valence-electron chi connectivity index (χ1n) is 6.97. The molecule has 0 aliphatic rings. The predicted octanol–water partition coefficient (Wildman–Crippen LogP) is 2.58.